The zero-order valence-corrected chi connectivity index (χ0v) is 14.5. The van der Waals surface area contributed by atoms with Gasteiger partial charge in [0, 0.05) is 9.89 Å². The van der Waals surface area contributed by atoms with E-state index in [1.807, 2.05) is 24.3 Å². The van der Waals surface area contributed by atoms with Crippen LogP contribution in [0.1, 0.15) is 38.5 Å². The van der Waals surface area contributed by atoms with Crippen molar-refractivity contribution < 1.29 is 13.2 Å². The van der Waals surface area contributed by atoms with Crippen LogP contribution in [0.25, 0.3) is 0 Å². The summed E-state index contributed by atoms with van der Waals surface area (Å²) in [5, 5.41) is 5.30. The lowest BCUT2D eigenvalue weighted by Crippen LogP contribution is -2.38. The van der Waals surface area contributed by atoms with Gasteiger partial charge in [-0.1, -0.05) is 41.6 Å². The van der Waals surface area contributed by atoms with Crippen LogP contribution in [0.5, 0.6) is 5.75 Å². The van der Waals surface area contributed by atoms with Gasteiger partial charge in [0.15, 0.2) is 0 Å². The third-order valence-electron chi connectivity index (χ3n) is 4.03. The van der Waals surface area contributed by atoms with Crippen LogP contribution in [-0.4, -0.2) is 20.8 Å². The molecule has 2 N–H and O–H groups in total. The number of sulfonamides is 1. The molecule has 0 aromatic heterocycles. The number of benzene rings is 1. The maximum Gasteiger partial charge on any atom is 0.209 e. The van der Waals surface area contributed by atoms with Gasteiger partial charge in [0.1, 0.15) is 5.75 Å². The Hall–Kier alpha value is -0.590. The molecule has 0 bridgehead atoms. The topological polar surface area (TPSA) is 69.4 Å². The largest absolute Gasteiger partial charge is 0.493 e. The Bertz CT molecular complexity index is 549. The average molecular weight is 376 g/mol. The molecule has 6 heteroatoms. The summed E-state index contributed by atoms with van der Waals surface area (Å²) in [6.07, 6.45) is 6.12. The highest BCUT2D eigenvalue weighted by atomic mass is 79.9. The van der Waals surface area contributed by atoms with Gasteiger partial charge in [0.05, 0.1) is 12.4 Å². The van der Waals surface area contributed by atoms with E-state index >= 15 is 0 Å². The van der Waals surface area contributed by atoms with Gasteiger partial charge in [-0.15, -0.1) is 0 Å². The molecule has 118 valence electrons. The van der Waals surface area contributed by atoms with Crippen molar-refractivity contribution in [1.82, 2.24) is 0 Å². The summed E-state index contributed by atoms with van der Waals surface area (Å²) in [6, 6.07) is 7.58. The molecule has 0 aliphatic heterocycles. The minimum atomic E-state index is -3.50. The first-order valence-corrected chi connectivity index (χ1v) is 9.78. The molecule has 1 saturated carbocycles. The molecular formula is C15H22BrNO3S. The summed E-state index contributed by atoms with van der Waals surface area (Å²) in [6.45, 7) is 0.408. The minimum Gasteiger partial charge on any atom is -0.493 e. The predicted molar refractivity (Wildman–Crippen MR) is 87.7 cm³/mol. The second kappa shape index (κ2) is 7.11. The summed E-state index contributed by atoms with van der Waals surface area (Å²) < 4.78 is 30.0. The average Bonchev–Trinajstić information content (AvgIpc) is 2.62. The van der Waals surface area contributed by atoms with Crippen molar-refractivity contribution in [2.24, 2.45) is 10.6 Å². The van der Waals surface area contributed by atoms with Crippen molar-refractivity contribution in [3.8, 4) is 5.75 Å². The number of hydrogen-bond acceptors (Lipinski definition) is 3. The van der Waals surface area contributed by atoms with Crippen LogP contribution in [0.3, 0.4) is 0 Å². The maximum atomic E-state index is 11.6. The minimum absolute atomic E-state index is 0.0104. The molecule has 1 aromatic carbocycles. The van der Waals surface area contributed by atoms with Crippen molar-refractivity contribution in [1.29, 1.82) is 0 Å². The molecule has 2 rings (SSSR count). The quantitative estimate of drug-likeness (QED) is 0.801. The van der Waals surface area contributed by atoms with Crippen LogP contribution in [0.4, 0.5) is 0 Å². The van der Waals surface area contributed by atoms with Gasteiger partial charge in [0.25, 0.3) is 0 Å². The van der Waals surface area contributed by atoms with Crippen molar-refractivity contribution in [3.05, 3.63) is 28.7 Å². The number of hydrogen-bond donors (Lipinski definition) is 1. The Kier molecular flexibility index (Phi) is 5.68. The first kappa shape index (κ1) is 16.8. The monoisotopic (exact) mass is 375 g/mol. The van der Waals surface area contributed by atoms with Crippen molar-refractivity contribution in [2.75, 3.05) is 12.4 Å². The molecule has 0 unspecified atom stereocenters. The second-order valence-corrected chi connectivity index (χ2v) is 8.49. The summed E-state index contributed by atoms with van der Waals surface area (Å²) in [7, 11) is -3.50. The molecule has 1 fully saturated rings. The highest BCUT2D eigenvalue weighted by Gasteiger charge is 2.35. The number of primary sulfonamides is 1. The lowest BCUT2D eigenvalue weighted by atomic mass is 9.83. The highest BCUT2D eigenvalue weighted by Crippen LogP contribution is 2.36. The predicted octanol–water partition coefficient (Wildman–Crippen LogP) is 3.46. The highest BCUT2D eigenvalue weighted by molar-refractivity contribution is 9.10. The molecule has 1 aromatic rings. The molecule has 0 radical (unpaired) electrons. The molecule has 0 spiro atoms. The zero-order valence-electron chi connectivity index (χ0n) is 12.1. The number of nitrogens with two attached hydrogens (primary N) is 1. The summed E-state index contributed by atoms with van der Waals surface area (Å²) in [5.41, 5.74) is -0.350. The maximum absolute atomic E-state index is 11.6. The number of ether oxygens (including phenoxy) is 1. The second-order valence-electron chi connectivity index (χ2n) is 5.96. The van der Waals surface area contributed by atoms with Crippen LogP contribution >= 0.6 is 15.9 Å². The number of rotatable bonds is 5. The molecule has 1 aliphatic rings. The third-order valence-corrected chi connectivity index (χ3v) is 5.57. The van der Waals surface area contributed by atoms with Crippen LogP contribution in [0.2, 0.25) is 0 Å². The normalized spacial score (nSPS) is 19.0. The first-order valence-electron chi connectivity index (χ1n) is 7.28. The van der Waals surface area contributed by atoms with Gasteiger partial charge in [-0.25, -0.2) is 13.6 Å². The molecule has 0 amide bonds. The van der Waals surface area contributed by atoms with Crippen molar-refractivity contribution >= 4 is 26.0 Å². The summed E-state index contributed by atoms with van der Waals surface area (Å²) >= 11 is 3.38. The van der Waals surface area contributed by atoms with E-state index < -0.39 is 10.0 Å². The fourth-order valence-corrected chi connectivity index (χ4v) is 4.49. The summed E-state index contributed by atoms with van der Waals surface area (Å²) in [4.78, 5) is 0. The molecule has 0 saturated heterocycles. The van der Waals surface area contributed by atoms with Crippen LogP contribution in [0, 0.1) is 5.41 Å². The Balaban J connectivity index is 2.09. The van der Waals surface area contributed by atoms with E-state index in [4.69, 9.17) is 9.88 Å². The number of halogens is 1. The van der Waals surface area contributed by atoms with E-state index in [2.05, 4.69) is 15.9 Å². The Morgan fingerprint density at radius 3 is 2.19 bits per heavy atom. The lowest BCUT2D eigenvalue weighted by molar-refractivity contribution is 0.146. The lowest BCUT2D eigenvalue weighted by Gasteiger charge is -2.31. The van der Waals surface area contributed by atoms with Gasteiger partial charge in [0.2, 0.25) is 10.0 Å². The van der Waals surface area contributed by atoms with Gasteiger partial charge in [-0.3, -0.25) is 0 Å². The van der Waals surface area contributed by atoms with E-state index in [-0.39, 0.29) is 11.2 Å². The van der Waals surface area contributed by atoms with Crippen LogP contribution in [-0.2, 0) is 10.0 Å². The standard InChI is InChI=1S/C15H22BrNO3S/c16-13-5-7-14(8-6-13)20-11-15(12-21(17,18)19)9-3-1-2-4-10-15/h5-8H,1-4,9-12H2,(H2,17,18,19). The fraction of sp³-hybridized carbons (Fsp3) is 0.600. The van der Waals surface area contributed by atoms with Crippen molar-refractivity contribution in [2.45, 2.75) is 38.5 Å². The molecule has 4 nitrogen and oxygen atoms in total. The molecule has 21 heavy (non-hydrogen) atoms. The van der Waals surface area contributed by atoms with Crippen LogP contribution < -0.4 is 9.88 Å². The molecule has 0 heterocycles. The Labute approximate surface area is 135 Å². The molecule has 0 atom stereocenters. The van der Waals surface area contributed by atoms with E-state index in [1.54, 1.807) is 0 Å². The molecular weight excluding hydrogens is 354 g/mol. The van der Waals surface area contributed by atoms with Crippen LogP contribution in [0.15, 0.2) is 28.7 Å². The smallest absolute Gasteiger partial charge is 0.209 e. The Morgan fingerprint density at radius 1 is 1.10 bits per heavy atom. The first-order chi connectivity index (χ1) is 9.89. The fourth-order valence-electron chi connectivity index (χ4n) is 3.00. The summed E-state index contributed by atoms with van der Waals surface area (Å²) in [5.74, 6) is 0.771. The van der Waals surface area contributed by atoms with Gasteiger partial charge in [-0.2, -0.15) is 0 Å². The van der Waals surface area contributed by atoms with Crippen molar-refractivity contribution in [3.63, 3.8) is 0 Å². The van der Waals surface area contributed by atoms with E-state index in [1.165, 1.54) is 0 Å². The van der Waals surface area contributed by atoms with E-state index in [0.29, 0.717) is 6.61 Å². The van der Waals surface area contributed by atoms with Gasteiger partial charge < -0.3 is 4.74 Å². The Morgan fingerprint density at radius 2 is 1.67 bits per heavy atom. The third kappa shape index (κ3) is 5.60. The SMILES string of the molecule is NS(=O)(=O)CC1(COc2ccc(Br)cc2)CCCCCC1. The van der Waals surface area contributed by atoms with E-state index in [9.17, 15) is 8.42 Å². The van der Waals surface area contributed by atoms with Gasteiger partial charge >= 0.3 is 0 Å². The molecule has 1 aliphatic carbocycles. The van der Waals surface area contributed by atoms with E-state index in [0.717, 1.165) is 48.7 Å². The zero-order chi connectivity index (χ0) is 15.3. The van der Waals surface area contributed by atoms with Gasteiger partial charge in [-0.05, 0) is 37.1 Å².